The van der Waals surface area contributed by atoms with E-state index in [2.05, 4.69) is 23.5 Å². The summed E-state index contributed by atoms with van der Waals surface area (Å²) in [5.41, 5.74) is 0.701. The molecule has 2 unspecified atom stereocenters. The highest BCUT2D eigenvalue weighted by Gasteiger charge is 2.59. The summed E-state index contributed by atoms with van der Waals surface area (Å²) in [6, 6.07) is 7.50. The molecule has 0 bridgehead atoms. The minimum atomic E-state index is -2.85. The van der Waals surface area contributed by atoms with E-state index in [0.717, 1.165) is 38.5 Å². The molecule has 2 aromatic rings. The van der Waals surface area contributed by atoms with E-state index in [4.69, 9.17) is 14.8 Å². The summed E-state index contributed by atoms with van der Waals surface area (Å²) in [4.78, 5) is 7.51. The second-order valence-electron chi connectivity index (χ2n) is 9.22. The molecular formula is C23H30F2N4O2. The van der Waals surface area contributed by atoms with E-state index >= 15 is 0 Å². The van der Waals surface area contributed by atoms with Crippen LogP contribution in [0.15, 0.2) is 24.3 Å². The molecule has 5 rings (SSSR count). The lowest BCUT2D eigenvalue weighted by atomic mass is 10.0. The first-order valence-electron chi connectivity index (χ1n) is 11.3. The number of fused-ring (bicyclic) bond motifs is 1. The van der Waals surface area contributed by atoms with Gasteiger partial charge in [-0.1, -0.05) is 12.1 Å². The maximum absolute atomic E-state index is 12.6. The normalized spacial score (nSPS) is 28.7. The molecule has 6 nitrogen and oxygen atoms in total. The van der Waals surface area contributed by atoms with Gasteiger partial charge in [-0.25, -0.2) is 9.67 Å². The molecule has 8 heteroatoms. The number of hydrogen-bond donors (Lipinski definition) is 0. The van der Waals surface area contributed by atoms with Gasteiger partial charge in [0.25, 0.3) is 0 Å². The third kappa shape index (κ3) is 4.20. The zero-order chi connectivity index (χ0) is 21.5. The lowest BCUT2D eigenvalue weighted by Gasteiger charge is -2.28. The lowest BCUT2D eigenvalue weighted by Crippen LogP contribution is -2.36. The molecule has 1 saturated heterocycles. The van der Waals surface area contributed by atoms with Crippen molar-refractivity contribution in [1.29, 1.82) is 0 Å². The van der Waals surface area contributed by atoms with Crippen LogP contribution in [0.2, 0.25) is 0 Å². The van der Waals surface area contributed by atoms with Crippen molar-refractivity contribution in [3.05, 3.63) is 30.1 Å². The SMILES string of the molecule is CC(C)n1nc(-c2cccc(OC(F)F)c2)nc1C1[C@H]2CC(N3CCCOCC3)C[C@@H]12. The molecule has 0 N–H and O–H groups in total. The van der Waals surface area contributed by atoms with E-state index in [1.807, 2.05) is 10.7 Å². The largest absolute Gasteiger partial charge is 0.435 e. The second kappa shape index (κ2) is 8.47. The first-order valence-corrected chi connectivity index (χ1v) is 11.3. The fourth-order valence-corrected chi connectivity index (χ4v) is 5.50. The smallest absolute Gasteiger partial charge is 0.387 e. The Hall–Kier alpha value is -2.06. The van der Waals surface area contributed by atoms with Crippen LogP contribution in [-0.4, -0.2) is 58.6 Å². The standard InChI is InChI=1S/C23H30F2N4O2/c1-14(2)29-22(26-21(27-29)15-5-3-6-17(11-15)31-23(24)25)20-18-12-16(13-19(18)20)28-7-4-9-30-10-8-28/h3,5-6,11,14,16,18-20,23H,4,7-10,12-13H2,1-2H3/t16?,18-,19+,20?. The van der Waals surface area contributed by atoms with Crippen LogP contribution in [0.5, 0.6) is 5.75 Å². The van der Waals surface area contributed by atoms with Gasteiger partial charge in [0.05, 0.1) is 6.61 Å². The molecular weight excluding hydrogens is 402 g/mol. The average Bonchev–Trinajstić information content (AvgIpc) is 3.07. The van der Waals surface area contributed by atoms with Crippen molar-refractivity contribution in [2.75, 3.05) is 26.3 Å². The number of benzene rings is 1. The van der Waals surface area contributed by atoms with Gasteiger partial charge in [-0.2, -0.15) is 13.9 Å². The van der Waals surface area contributed by atoms with Gasteiger partial charge < -0.3 is 9.47 Å². The third-order valence-corrected chi connectivity index (χ3v) is 6.96. The van der Waals surface area contributed by atoms with Gasteiger partial charge >= 0.3 is 6.61 Å². The summed E-state index contributed by atoms with van der Waals surface area (Å²) in [5.74, 6) is 3.52. The van der Waals surface area contributed by atoms with E-state index in [0.29, 0.717) is 35.2 Å². The van der Waals surface area contributed by atoms with E-state index in [1.54, 1.807) is 12.1 Å². The van der Waals surface area contributed by atoms with Gasteiger partial charge in [0.2, 0.25) is 0 Å². The number of hydrogen-bond acceptors (Lipinski definition) is 5. The molecule has 1 aliphatic heterocycles. The molecule has 1 aromatic heterocycles. The van der Waals surface area contributed by atoms with Gasteiger partial charge in [0.15, 0.2) is 5.82 Å². The number of halogens is 2. The first kappa shape index (κ1) is 20.8. The molecule has 168 valence electrons. The molecule has 2 saturated carbocycles. The zero-order valence-corrected chi connectivity index (χ0v) is 18.1. The minimum Gasteiger partial charge on any atom is -0.435 e. The van der Waals surface area contributed by atoms with Gasteiger partial charge in [-0.05, 0) is 57.1 Å². The molecule has 2 heterocycles. The quantitative estimate of drug-likeness (QED) is 0.680. The van der Waals surface area contributed by atoms with Crippen LogP contribution in [-0.2, 0) is 4.74 Å². The Kier molecular flexibility index (Phi) is 5.69. The van der Waals surface area contributed by atoms with Crippen molar-refractivity contribution < 1.29 is 18.3 Å². The van der Waals surface area contributed by atoms with Crippen molar-refractivity contribution in [3.8, 4) is 17.1 Å². The van der Waals surface area contributed by atoms with Crippen LogP contribution in [0.1, 0.15) is 50.9 Å². The fraction of sp³-hybridized carbons (Fsp3) is 0.652. The van der Waals surface area contributed by atoms with Gasteiger partial charge in [0, 0.05) is 43.3 Å². The first-order chi connectivity index (χ1) is 15.0. The van der Waals surface area contributed by atoms with E-state index in [9.17, 15) is 8.78 Å². The number of rotatable bonds is 6. The van der Waals surface area contributed by atoms with Crippen molar-refractivity contribution >= 4 is 0 Å². The van der Waals surface area contributed by atoms with Gasteiger partial charge in [-0.3, -0.25) is 4.90 Å². The molecule has 2 aliphatic carbocycles. The molecule has 0 amide bonds. The third-order valence-electron chi connectivity index (χ3n) is 6.96. The summed E-state index contributed by atoms with van der Waals surface area (Å²) in [5, 5.41) is 4.75. The predicted octanol–water partition coefficient (Wildman–Crippen LogP) is 4.34. The summed E-state index contributed by atoms with van der Waals surface area (Å²) in [7, 11) is 0. The van der Waals surface area contributed by atoms with E-state index in [1.165, 1.54) is 18.9 Å². The number of alkyl halides is 2. The highest BCUT2D eigenvalue weighted by Crippen LogP contribution is 2.63. The van der Waals surface area contributed by atoms with Crippen molar-refractivity contribution in [2.24, 2.45) is 11.8 Å². The summed E-state index contributed by atoms with van der Waals surface area (Å²) in [6.07, 6.45) is 3.55. The van der Waals surface area contributed by atoms with Gasteiger partial charge in [-0.15, -0.1) is 0 Å². The Morgan fingerprint density at radius 2 is 1.94 bits per heavy atom. The van der Waals surface area contributed by atoms with Crippen molar-refractivity contribution in [3.63, 3.8) is 0 Å². The molecule has 4 atom stereocenters. The van der Waals surface area contributed by atoms with Crippen LogP contribution in [0.25, 0.3) is 11.4 Å². The summed E-state index contributed by atoms with van der Waals surface area (Å²) < 4.78 is 37.4. The molecule has 0 radical (unpaired) electrons. The van der Waals surface area contributed by atoms with E-state index < -0.39 is 6.61 Å². The number of ether oxygens (including phenoxy) is 2. The molecule has 1 aromatic carbocycles. The van der Waals surface area contributed by atoms with Crippen LogP contribution >= 0.6 is 0 Å². The Bertz CT molecular complexity index is 899. The molecule has 3 fully saturated rings. The monoisotopic (exact) mass is 432 g/mol. The summed E-state index contributed by atoms with van der Waals surface area (Å²) >= 11 is 0. The van der Waals surface area contributed by atoms with Crippen LogP contribution in [0.3, 0.4) is 0 Å². The zero-order valence-electron chi connectivity index (χ0n) is 18.1. The van der Waals surface area contributed by atoms with Gasteiger partial charge in [0.1, 0.15) is 11.6 Å². The molecule has 31 heavy (non-hydrogen) atoms. The second-order valence-corrected chi connectivity index (χ2v) is 9.22. The maximum Gasteiger partial charge on any atom is 0.387 e. The summed E-state index contributed by atoms with van der Waals surface area (Å²) in [6.45, 7) is 5.27. The Balaban J connectivity index is 1.33. The predicted molar refractivity (Wildman–Crippen MR) is 112 cm³/mol. The van der Waals surface area contributed by atoms with E-state index in [-0.39, 0.29) is 11.8 Å². The number of nitrogens with zero attached hydrogens (tertiary/aromatic N) is 4. The van der Waals surface area contributed by atoms with Crippen LogP contribution in [0, 0.1) is 11.8 Å². The maximum atomic E-state index is 12.6. The number of aromatic nitrogens is 3. The Labute approximate surface area is 181 Å². The Morgan fingerprint density at radius 1 is 1.13 bits per heavy atom. The van der Waals surface area contributed by atoms with Crippen LogP contribution in [0.4, 0.5) is 8.78 Å². The fourth-order valence-electron chi connectivity index (χ4n) is 5.50. The minimum absolute atomic E-state index is 0.127. The van der Waals surface area contributed by atoms with Crippen LogP contribution < -0.4 is 4.74 Å². The lowest BCUT2D eigenvalue weighted by molar-refractivity contribution is -0.0498. The average molecular weight is 433 g/mol. The molecule has 3 aliphatic rings. The van der Waals surface area contributed by atoms with Crippen molar-refractivity contribution in [1.82, 2.24) is 19.7 Å². The Morgan fingerprint density at radius 3 is 2.68 bits per heavy atom. The van der Waals surface area contributed by atoms with Crippen molar-refractivity contribution in [2.45, 2.75) is 57.7 Å². The topological polar surface area (TPSA) is 52.4 Å². The highest BCUT2D eigenvalue weighted by molar-refractivity contribution is 5.57. The molecule has 0 spiro atoms. The highest BCUT2D eigenvalue weighted by atomic mass is 19.3.